The van der Waals surface area contributed by atoms with Crippen molar-refractivity contribution in [3.63, 3.8) is 0 Å². The Morgan fingerprint density at radius 1 is 1.59 bits per heavy atom. The molecular formula is C10H11ClFN3O2. The second kappa shape index (κ2) is 4.85. The van der Waals surface area contributed by atoms with Crippen LogP contribution in [0.15, 0.2) is 12.1 Å². The number of hydrogen-bond donors (Lipinski definition) is 2. The Hall–Kier alpha value is -1.40. The summed E-state index contributed by atoms with van der Waals surface area (Å²) < 4.78 is 13.2. The zero-order valence-corrected chi connectivity index (χ0v) is 9.63. The predicted octanol–water partition coefficient (Wildman–Crippen LogP) is 2.16. The zero-order chi connectivity index (χ0) is 12.4. The van der Waals surface area contributed by atoms with Crippen molar-refractivity contribution in [1.82, 2.24) is 5.32 Å². The number of rotatable bonds is 3. The molecule has 7 heteroatoms. The third-order valence-electron chi connectivity index (χ3n) is 2.66. The molecule has 1 aromatic carbocycles. The summed E-state index contributed by atoms with van der Waals surface area (Å²) in [6, 6.07) is 2.20. The molecule has 0 bridgehead atoms. The molecule has 1 heterocycles. The Morgan fingerprint density at radius 3 is 2.94 bits per heavy atom. The molecule has 0 amide bonds. The normalized spacial score (nSPS) is 19.3. The predicted molar refractivity (Wildman–Crippen MR) is 63.0 cm³/mol. The van der Waals surface area contributed by atoms with Crippen LogP contribution < -0.4 is 10.6 Å². The summed E-state index contributed by atoms with van der Waals surface area (Å²) in [5.74, 6) is -0.784. The first-order valence-corrected chi connectivity index (χ1v) is 5.56. The monoisotopic (exact) mass is 259 g/mol. The molecule has 1 unspecified atom stereocenters. The molecule has 92 valence electrons. The van der Waals surface area contributed by atoms with Crippen molar-refractivity contribution in [3.05, 3.63) is 33.1 Å². The second-order valence-corrected chi connectivity index (χ2v) is 4.28. The van der Waals surface area contributed by atoms with E-state index >= 15 is 0 Å². The minimum absolute atomic E-state index is 0.107. The van der Waals surface area contributed by atoms with Gasteiger partial charge >= 0.3 is 0 Å². The topological polar surface area (TPSA) is 67.2 Å². The van der Waals surface area contributed by atoms with Gasteiger partial charge in [0.2, 0.25) is 0 Å². The highest BCUT2D eigenvalue weighted by Gasteiger charge is 2.21. The molecule has 1 fully saturated rings. The number of benzene rings is 1. The molecule has 1 atom stereocenters. The van der Waals surface area contributed by atoms with Gasteiger partial charge in [0, 0.05) is 12.6 Å². The number of nitrogens with zero attached hydrogens (tertiary/aromatic N) is 1. The first-order chi connectivity index (χ1) is 8.08. The lowest BCUT2D eigenvalue weighted by molar-refractivity contribution is -0.384. The van der Waals surface area contributed by atoms with E-state index in [1.807, 2.05) is 0 Å². The van der Waals surface area contributed by atoms with Gasteiger partial charge < -0.3 is 10.6 Å². The third kappa shape index (κ3) is 2.65. The van der Waals surface area contributed by atoms with Crippen LogP contribution >= 0.6 is 11.6 Å². The molecule has 0 spiro atoms. The van der Waals surface area contributed by atoms with Crippen LogP contribution in [0.1, 0.15) is 6.42 Å². The summed E-state index contributed by atoms with van der Waals surface area (Å²) in [7, 11) is 0. The quantitative estimate of drug-likeness (QED) is 0.645. The molecule has 0 saturated carbocycles. The first-order valence-electron chi connectivity index (χ1n) is 5.18. The molecule has 1 aliphatic heterocycles. The van der Waals surface area contributed by atoms with E-state index in [0.29, 0.717) is 0 Å². The highest BCUT2D eigenvalue weighted by molar-refractivity contribution is 6.31. The number of halogens is 2. The molecule has 1 saturated heterocycles. The van der Waals surface area contributed by atoms with E-state index in [1.54, 1.807) is 0 Å². The Kier molecular flexibility index (Phi) is 3.44. The van der Waals surface area contributed by atoms with Gasteiger partial charge in [-0.1, -0.05) is 11.6 Å². The summed E-state index contributed by atoms with van der Waals surface area (Å²) in [5.41, 5.74) is -0.0334. The number of nitro benzene ring substituents is 1. The van der Waals surface area contributed by atoms with Crippen LogP contribution in [0.25, 0.3) is 0 Å². The van der Waals surface area contributed by atoms with Crippen molar-refractivity contribution in [1.29, 1.82) is 0 Å². The van der Waals surface area contributed by atoms with Crippen LogP contribution in [-0.4, -0.2) is 24.1 Å². The van der Waals surface area contributed by atoms with Crippen LogP contribution in [0.3, 0.4) is 0 Å². The van der Waals surface area contributed by atoms with Gasteiger partial charge in [0.25, 0.3) is 5.69 Å². The van der Waals surface area contributed by atoms with Crippen molar-refractivity contribution in [2.75, 3.05) is 18.4 Å². The number of nitro groups is 1. The SMILES string of the molecule is O=[N+]([O-])c1cc(F)c(Cl)cc1NC1CCNC1. The van der Waals surface area contributed by atoms with E-state index in [0.717, 1.165) is 25.6 Å². The maximum absolute atomic E-state index is 13.2. The third-order valence-corrected chi connectivity index (χ3v) is 2.94. The lowest BCUT2D eigenvalue weighted by Crippen LogP contribution is -2.22. The maximum atomic E-state index is 13.2. The summed E-state index contributed by atoms with van der Waals surface area (Å²) in [5, 5.41) is 16.8. The molecule has 0 aliphatic carbocycles. The Balaban J connectivity index is 2.29. The Morgan fingerprint density at radius 2 is 2.35 bits per heavy atom. The highest BCUT2D eigenvalue weighted by atomic mass is 35.5. The smallest absolute Gasteiger partial charge is 0.295 e. The van der Waals surface area contributed by atoms with Crippen LogP contribution in [0.5, 0.6) is 0 Å². The Labute approximate surface area is 102 Å². The molecule has 0 radical (unpaired) electrons. The summed E-state index contributed by atoms with van der Waals surface area (Å²) >= 11 is 5.62. The van der Waals surface area contributed by atoms with Crippen molar-refractivity contribution in [3.8, 4) is 0 Å². The number of hydrogen-bond acceptors (Lipinski definition) is 4. The standard InChI is InChI=1S/C10H11ClFN3O2/c11-7-3-9(14-6-1-2-13-5-6)10(15(16)17)4-8(7)12/h3-4,6,13-14H,1-2,5H2. The van der Waals surface area contributed by atoms with E-state index < -0.39 is 10.7 Å². The number of anilines is 1. The molecule has 2 N–H and O–H groups in total. The van der Waals surface area contributed by atoms with E-state index in [-0.39, 0.29) is 22.4 Å². The largest absolute Gasteiger partial charge is 0.375 e. The lowest BCUT2D eigenvalue weighted by Gasteiger charge is -2.13. The fourth-order valence-corrected chi connectivity index (χ4v) is 1.96. The minimum Gasteiger partial charge on any atom is -0.375 e. The van der Waals surface area contributed by atoms with Gasteiger partial charge in [-0.3, -0.25) is 10.1 Å². The van der Waals surface area contributed by atoms with Gasteiger partial charge in [-0.05, 0) is 19.0 Å². The molecule has 17 heavy (non-hydrogen) atoms. The fraction of sp³-hybridized carbons (Fsp3) is 0.400. The number of nitrogens with one attached hydrogen (secondary N) is 2. The lowest BCUT2D eigenvalue weighted by atomic mass is 10.2. The molecule has 2 rings (SSSR count). The Bertz CT molecular complexity index is 449. The van der Waals surface area contributed by atoms with Crippen LogP contribution in [0.4, 0.5) is 15.8 Å². The molecule has 1 aromatic rings. The molecule has 1 aliphatic rings. The van der Waals surface area contributed by atoms with Gasteiger partial charge in [-0.25, -0.2) is 4.39 Å². The van der Waals surface area contributed by atoms with Crippen LogP contribution in [0, 0.1) is 15.9 Å². The van der Waals surface area contributed by atoms with E-state index in [4.69, 9.17) is 11.6 Å². The van der Waals surface area contributed by atoms with Gasteiger partial charge in [-0.2, -0.15) is 0 Å². The zero-order valence-electron chi connectivity index (χ0n) is 8.87. The average molecular weight is 260 g/mol. The van der Waals surface area contributed by atoms with Crippen LogP contribution in [-0.2, 0) is 0 Å². The van der Waals surface area contributed by atoms with Crippen molar-refractivity contribution in [2.24, 2.45) is 0 Å². The van der Waals surface area contributed by atoms with Crippen LogP contribution in [0.2, 0.25) is 5.02 Å². The van der Waals surface area contributed by atoms with Crippen molar-refractivity contribution >= 4 is 23.0 Å². The summed E-state index contributed by atoms with van der Waals surface area (Å²) in [6.45, 7) is 1.59. The van der Waals surface area contributed by atoms with Gasteiger partial charge in [-0.15, -0.1) is 0 Å². The summed E-state index contributed by atoms with van der Waals surface area (Å²) in [6.07, 6.45) is 0.867. The molecule has 5 nitrogen and oxygen atoms in total. The minimum atomic E-state index is -0.784. The highest BCUT2D eigenvalue weighted by Crippen LogP contribution is 2.31. The molecular weight excluding hydrogens is 249 g/mol. The van der Waals surface area contributed by atoms with E-state index in [1.165, 1.54) is 6.07 Å². The van der Waals surface area contributed by atoms with E-state index in [2.05, 4.69) is 10.6 Å². The van der Waals surface area contributed by atoms with Gasteiger partial charge in [0.05, 0.1) is 16.0 Å². The molecule has 0 aromatic heterocycles. The summed E-state index contributed by atoms with van der Waals surface area (Å²) in [4.78, 5) is 10.2. The van der Waals surface area contributed by atoms with E-state index in [9.17, 15) is 14.5 Å². The fourth-order valence-electron chi connectivity index (χ4n) is 1.80. The van der Waals surface area contributed by atoms with Crippen molar-refractivity contribution < 1.29 is 9.31 Å². The second-order valence-electron chi connectivity index (χ2n) is 3.87. The van der Waals surface area contributed by atoms with Crippen molar-refractivity contribution in [2.45, 2.75) is 12.5 Å². The maximum Gasteiger partial charge on any atom is 0.295 e. The first kappa shape index (κ1) is 12.1. The van der Waals surface area contributed by atoms with Gasteiger partial charge in [0.15, 0.2) is 0 Å². The average Bonchev–Trinajstić information content (AvgIpc) is 2.75. The van der Waals surface area contributed by atoms with Gasteiger partial charge in [0.1, 0.15) is 11.5 Å².